The van der Waals surface area contributed by atoms with Crippen molar-refractivity contribution in [1.29, 1.82) is 5.26 Å². The van der Waals surface area contributed by atoms with Crippen LogP contribution in [0.5, 0.6) is 0 Å². The standard InChI is InChI=1S/C29H30Cl3N5O/c1-20(9-12-35-29(38)28-26(31)17-34-18-27(28)32)36-13-10-25(11-14-36)37(24-7-5-23(30)6-8-24)19-22-4-2-3-21(15-22)16-33/h2-8,15,17-18,20,25H,9-14,19H2,1H3,(H,35,38). The van der Waals surface area contributed by atoms with Crippen LogP contribution >= 0.6 is 34.8 Å². The Morgan fingerprint density at radius 3 is 2.47 bits per heavy atom. The van der Waals surface area contributed by atoms with E-state index in [2.05, 4.69) is 51.3 Å². The summed E-state index contributed by atoms with van der Waals surface area (Å²) in [6.07, 6.45) is 5.68. The van der Waals surface area contributed by atoms with E-state index in [0.29, 0.717) is 29.2 Å². The van der Waals surface area contributed by atoms with Crippen molar-refractivity contribution in [1.82, 2.24) is 15.2 Å². The van der Waals surface area contributed by atoms with E-state index in [4.69, 9.17) is 34.8 Å². The van der Waals surface area contributed by atoms with E-state index in [9.17, 15) is 10.1 Å². The highest BCUT2D eigenvalue weighted by molar-refractivity contribution is 6.39. The van der Waals surface area contributed by atoms with Crippen LogP contribution in [0.25, 0.3) is 0 Å². The first-order chi connectivity index (χ1) is 18.4. The molecule has 1 aromatic heterocycles. The van der Waals surface area contributed by atoms with Crippen molar-refractivity contribution in [3.8, 4) is 6.07 Å². The van der Waals surface area contributed by atoms with Crippen LogP contribution in [0.3, 0.4) is 0 Å². The molecular formula is C29H30Cl3N5O. The number of hydrogen-bond donors (Lipinski definition) is 1. The van der Waals surface area contributed by atoms with E-state index in [0.717, 1.165) is 50.1 Å². The first kappa shape index (κ1) is 28.2. The maximum absolute atomic E-state index is 12.6. The van der Waals surface area contributed by atoms with Crippen LogP contribution in [0.1, 0.15) is 47.7 Å². The highest BCUT2D eigenvalue weighted by Crippen LogP contribution is 2.28. The lowest BCUT2D eigenvalue weighted by molar-refractivity contribution is 0.0945. The number of piperidine rings is 1. The Hall–Kier alpha value is -2.82. The molecule has 1 saturated heterocycles. The van der Waals surface area contributed by atoms with Gasteiger partial charge in [0.1, 0.15) is 0 Å². The number of carbonyl (C=O) groups excluding carboxylic acids is 1. The number of nitrogens with one attached hydrogen (secondary N) is 1. The van der Waals surface area contributed by atoms with Crippen LogP contribution in [0.15, 0.2) is 60.9 Å². The summed E-state index contributed by atoms with van der Waals surface area (Å²) in [5, 5.41) is 13.5. The lowest BCUT2D eigenvalue weighted by Crippen LogP contribution is -2.48. The summed E-state index contributed by atoms with van der Waals surface area (Å²) in [7, 11) is 0. The molecule has 0 saturated carbocycles. The van der Waals surface area contributed by atoms with Gasteiger partial charge in [-0.2, -0.15) is 5.26 Å². The van der Waals surface area contributed by atoms with Gasteiger partial charge >= 0.3 is 0 Å². The van der Waals surface area contributed by atoms with E-state index in [1.807, 2.05) is 30.3 Å². The molecule has 0 spiro atoms. The minimum Gasteiger partial charge on any atom is -0.364 e. The topological polar surface area (TPSA) is 72.3 Å². The number of amides is 1. The summed E-state index contributed by atoms with van der Waals surface area (Å²) in [5.41, 5.74) is 3.17. The number of hydrogen-bond acceptors (Lipinski definition) is 5. The Balaban J connectivity index is 1.34. The summed E-state index contributed by atoms with van der Waals surface area (Å²) in [5.74, 6) is -0.285. The van der Waals surface area contributed by atoms with Gasteiger partial charge in [0.05, 0.1) is 27.2 Å². The van der Waals surface area contributed by atoms with Crippen molar-refractivity contribution < 1.29 is 4.79 Å². The molecule has 4 rings (SSSR count). The zero-order chi connectivity index (χ0) is 27.1. The van der Waals surface area contributed by atoms with Crippen LogP contribution in [0, 0.1) is 11.3 Å². The molecule has 2 heterocycles. The molecule has 0 radical (unpaired) electrons. The van der Waals surface area contributed by atoms with Crippen LogP contribution in [-0.4, -0.2) is 47.5 Å². The van der Waals surface area contributed by atoms with Crippen molar-refractivity contribution >= 4 is 46.4 Å². The molecule has 1 atom stereocenters. The molecular weight excluding hydrogens is 541 g/mol. The Kier molecular flexibility index (Phi) is 9.87. The summed E-state index contributed by atoms with van der Waals surface area (Å²) >= 11 is 18.4. The quantitative estimate of drug-likeness (QED) is 0.314. The van der Waals surface area contributed by atoms with E-state index < -0.39 is 0 Å². The third-order valence-electron chi connectivity index (χ3n) is 7.06. The predicted octanol–water partition coefficient (Wildman–Crippen LogP) is 6.59. The molecule has 9 heteroatoms. The summed E-state index contributed by atoms with van der Waals surface area (Å²) in [6, 6.07) is 18.7. The third-order valence-corrected chi connectivity index (χ3v) is 7.88. The van der Waals surface area contributed by atoms with Crippen LogP contribution in [0.2, 0.25) is 15.1 Å². The van der Waals surface area contributed by atoms with Gasteiger partial charge in [-0.25, -0.2) is 0 Å². The second kappa shape index (κ2) is 13.3. The fourth-order valence-electron chi connectivity index (χ4n) is 4.93. The number of likely N-dealkylation sites (tertiary alicyclic amines) is 1. The van der Waals surface area contributed by atoms with Crippen LogP contribution in [-0.2, 0) is 6.54 Å². The fourth-order valence-corrected chi connectivity index (χ4v) is 5.59. The summed E-state index contributed by atoms with van der Waals surface area (Å²) < 4.78 is 0. The lowest BCUT2D eigenvalue weighted by atomic mass is 9.99. The van der Waals surface area contributed by atoms with Gasteiger partial charge < -0.3 is 15.1 Å². The monoisotopic (exact) mass is 569 g/mol. The Labute approximate surface area is 239 Å². The Morgan fingerprint density at radius 1 is 1.13 bits per heavy atom. The van der Waals surface area contributed by atoms with Crippen molar-refractivity contribution in [3.63, 3.8) is 0 Å². The van der Waals surface area contributed by atoms with Crippen molar-refractivity contribution in [3.05, 3.63) is 92.7 Å². The smallest absolute Gasteiger partial charge is 0.254 e. The van der Waals surface area contributed by atoms with E-state index >= 15 is 0 Å². The maximum atomic E-state index is 12.6. The van der Waals surface area contributed by atoms with Gasteiger partial charge in [0, 0.05) is 61.4 Å². The number of aromatic nitrogens is 1. The van der Waals surface area contributed by atoms with Gasteiger partial charge in [0.25, 0.3) is 5.91 Å². The van der Waals surface area contributed by atoms with Crippen molar-refractivity contribution in [2.24, 2.45) is 0 Å². The van der Waals surface area contributed by atoms with E-state index in [-0.39, 0.29) is 21.5 Å². The zero-order valence-corrected chi connectivity index (χ0v) is 23.5. The van der Waals surface area contributed by atoms with Crippen molar-refractivity contribution in [2.45, 2.75) is 44.8 Å². The minimum atomic E-state index is -0.285. The highest BCUT2D eigenvalue weighted by Gasteiger charge is 2.27. The average Bonchev–Trinajstić information content (AvgIpc) is 2.92. The number of pyridine rings is 1. The first-order valence-electron chi connectivity index (χ1n) is 12.7. The number of benzene rings is 2. The molecule has 0 bridgehead atoms. The van der Waals surface area contributed by atoms with Gasteiger partial charge in [0.2, 0.25) is 0 Å². The zero-order valence-electron chi connectivity index (χ0n) is 21.2. The Morgan fingerprint density at radius 2 is 1.82 bits per heavy atom. The molecule has 1 amide bonds. The first-order valence-corrected chi connectivity index (χ1v) is 13.8. The fraction of sp³-hybridized carbons (Fsp3) is 0.345. The maximum Gasteiger partial charge on any atom is 0.254 e. The van der Waals surface area contributed by atoms with E-state index in [1.165, 1.54) is 12.4 Å². The molecule has 1 fully saturated rings. The number of rotatable bonds is 9. The van der Waals surface area contributed by atoms with Gasteiger partial charge in [-0.1, -0.05) is 46.9 Å². The number of anilines is 1. The number of nitriles is 1. The van der Waals surface area contributed by atoms with E-state index in [1.54, 1.807) is 0 Å². The molecule has 1 aliphatic heterocycles. The number of carbonyl (C=O) groups is 1. The van der Waals surface area contributed by atoms with Gasteiger partial charge in [-0.3, -0.25) is 9.78 Å². The second-order valence-corrected chi connectivity index (χ2v) is 10.8. The molecule has 1 unspecified atom stereocenters. The summed E-state index contributed by atoms with van der Waals surface area (Å²) in [4.78, 5) is 21.4. The van der Waals surface area contributed by atoms with Gasteiger partial charge in [-0.15, -0.1) is 0 Å². The number of nitrogens with zero attached hydrogens (tertiary/aromatic N) is 4. The van der Waals surface area contributed by atoms with Gasteiger partial charge in [-0.05, 0) is 68.1 Å². The molecule has 198 valence electrons. The van der Waals surface area contributed by atoms with Gasteiger partial charge in [0.15, 0.2) is 0 Å². The molecule has 3 aromatic rings. The Bertz CT molecular complexity index is 1270. The molecule has 2 aromatic carbocycles. The van der Waals surface area contributed by atoms with Crippen LogP contribution in [0.4, 0.5) is 5.69 Å². The minimum absolute atomic E-state index is 0.245. The highest BCUT2D eigenvalue weighted by atomic mass is 35.5. The molecule has 6 nitrogen and oxygen atoms in total. The lowest BCUT2D eigenvalue weighted by Gasteiger charge is -2.42. The normalized spacial score (nSPS) is 15.0. The molecule has 0 aliphatic carbocycles. The summed E-state index contributed by atoms with van der Waals surface area (Å²) in [6.45, 7) is 5.38. The largest absolute Gasteiger partial charge is 0.364 e. The molecule has 38 heavy (non-hydrogen) atoms. The molecule has 1 aliphatic rings. The van der Waals surface area contributed by atoms with Crippen LogP contribution < -0.4 is 10.2 Å². The second-order valence-electron chi connectivity index (χ2n) is 9.56. The number of halogens is 3. The third kappa shape index (κ3) is 7.18. The molecule has 1 N–H and O–H groups in total. The van der Waals surface area contributed by atoms with Crippen molar-refractivity contribution in [2.75, 3.05) is 24.5 Å². The predicted molar refractivity (Wildman–Crippen MR) is 154 cm³/mol. The SMILES string of the molecule is CC(CCNC(=O)c1c(Cl)cncc1Cl)N1CCC(N(Cc2cccc(C#N)c2)c2ccc(Cl)cc2)CC1. The average molecular weight is 571 g/mol.